The van der Waals surface area contributed by atoms with E-state index < -0.39 is 0 Å². The molecule has 0 spiro atoms. The summed E-state index contributed by atoms with van der Waals surface area (Å²) >= 11 is 0. The van der Waals surface area contributed by atoms with Crippen molar-refractivity contribution in [1.82, 2.24) is 4.98 Å². The van der Waals surface area contributed by atoms with Gasteiger partial charge in [-0.25, -0.2) is 0 Å². The number of hydrogen-bond acceptors (Lipinski definition) is 3. The summed E-state index contributed by atoms with van der Waals surface area (Å²) in [6.45, 7) is 0. The maximum absolute atomic E-state index is 6.87. The molecule has 0 bridgehead atoms. The topological polar surface area (TPSA) is 35.4 Å². The fraction of sp³-hybridized carbons (Fsp3) is 0. The smallest absolute Gasteiger partial charge is 0.197 e. The SMILES string of the molecule is [B]1c2ccc(N(c3ccccc3)c3ccccc3)cc2N(c2cccc3c2oc2ccccc23)c2cc(-c3ccccc3)cc(-c3cccc4c3[nH]c3cc5ccccc5cc34)c21. The Bertz CT molecular complexity index is 3690. The molecule has 5 heteroatoms. The Balaban J connectivity index is 1.11. The number of aromatic nitrogens is 1. The van der Waals surface area contributed by atoms with Crippen LogP contribution in [0.1, 0.15) is 0 Å². The third kappa shape index (κ3) is 5.71. The predicted molar refractivity (Wildman–Crippen MR) is 266 cm³/mol. The van der Waals surface area contributed by atoms with Crippen LogP contribution in [0.25, 0.3) is 76.8 Å². The molecular formula is C58H37BN3O. The number of para-hydroxylation sites is 5. The van der Waals surface area contributed by atoms with Gasteiger partial charge in [0.25, 0.3) is 0 Å². The number of anilines is 6. The zero-order valence-electron chi connectivity index (χ0n) is 34.2. The molecule has 0 amide bonds. The van der Waals surface area contributed by atoms with Crippen molar-refractivity contribution in [2.45, 2.75) is 0 Å². The Hall–Kier alpha value is -8.28. The largest absolute Gasteiger partial charge is 0.454 e. The molecule has 0 aliphatic carbocycles. The molecular weight excluding hydrogens is 765 g/mol. The summed E-state index contributed by atoms with van der Waals surface area (Å²) in [6, 6.07) is 78.5. The van der Waals surface area contributed by atoms with Crippen molar-refractivity contribution in [3.63, 3.8) is 0 Å². The van der Waals surface area contributed by atoms with Crippen LogP contribution in [-0.2, 0) is 0 Å². The number of H-pyrrole nitrogens is 1. The van der Waals surface area contributed by atoms with Crippen molar-refractivity contribution in [2.24, 2.45) is 0 Å². The van der Waals surface area contributed by atoms with Crippen molar-refractivity contribution in [3.8, 4) is 22.3 Å². The Morgan fingerprint density at radius 1 is 0.429 bits per heavy atom. The van der Waals surface area contributed by atoms with Crippen LogP contribution >= 0.6 is 0 Å². The fourth-order valence-electron chi connectivity index (χ4n) is 9.87. The van der Waals surface area contributed by atoms with Gasteiger partial charge in [-0.05, 0) is 106 Å². The third-order valence-electron chi connectivity index (χ3n) is 12.8. The van der Waals surface area contributed by atoms with Crippen LogP contribution in [0, 0.1) is 0 Å². The number of fused-ring (bicyclic) bond motifs is 9. The minimum Gasteiger partial charge on any atom is -0.454 e. The highest BCUT2D eigenvalue weighted by Gasteiger charge is 2.32. The van der Waals surface area contributed by atoms with Crippen molar-refractivity contribution in [1.29, 1.82) is 0 Å². The molecule has 1 aliphatic rings. The van der Waals surface area contributed by atoms with E-state index in [1.165, 1.54) is 21.5 Å². The van der Waals surface area contributed by atoms with Crippen molar-refractivity contribution in [2.75, 3.05) is 9.80 Å². The number of furan rings is 1. The van der Waals surface area contributed by atoms with Crippen LogP contribution < -0.4 is 20.7 Å². The molecule has 1 N–H and O–H groups in total. The quantitative estimate of drug-likeness (QED) is 0.170. The van der Waals surface area contributed by atoms with Gasteiger partial charge in [-0.15, -0.1) is 0 Å². The standard InChI is InChI=1S/C58H37BN3O/c1-4-16-37(17-5-1)40-33-49(46-26-14-25-45-48-32-38-18-10-11-19-39(38)34-51(48)60-57(45)46)56-54(35-40)62(52-28-15-27-47-44-24-12-13-29-55(44)63-58(47)52)53-36-43(30-31-50(53)59-56)61(41-20-6-2-7-21-41)42-22-8-3-9-23-42/h1-36,60H. The van der Waals surface area contributed by atoms with Gasteiger partial charge in [0, 0.05) is 61.1 Å². The molecule has 1 radical (unpaired) electrons. The van der Waals surface area contributed by atoms with Gasteiger partial charge in [-0.2, -0.15) is 0 Å². The minimum atomic E-state index is 0.849. The number of hydrogen-bond donors (Lipinski definition) is 1. The van der Waals surface area contributed by atoms with Gasteiger partial charge in [0.2, 0.25) is 0 Å². The second-order valence-corrected chi connectivity index (χ2v) is 16.4. The van der Waals surface area contributed by atoms with Crippen LogP contribution in [0.5, 0.6) is 0 Å². The zero-order valence-corrected chi connectivity index (χ0v) is 34.2. The Morgan fingerprint density at radius 2 is 1.10 bits per heavy atom. The first-order valence-electron chi connectivity index (χ1n) is 21.5. The van der Waals surface area contributed by atoms with E-state index in [-0.39, 0.29) is 0 Å². The predicted octanol–water partition coefficient (Wildman–Crippen LogP) is 14.6. The van der Waals surface area contributed by atoms with Crippen molar-refractivity contribution >= 4 is 107 Å². The molecule has 12 aromatic rings. The van der Waals surface area contributed by atoms with Crippen molar-refractivity contribution < 1.29 is 4.42 Å². The Labute approximate surface area is 365 Å². The van der Waals surface area contributed by atoms with E-state index in [1.54, 1.807) is 0 Å². The first kappa shape index (κ1) is 35.5. The second-order valence-electron chi connectivity index (χ2n) is 16.4. The van der Waals surface area contributed by atoms with Gasteiger partial charge in [0.15, 0.2) is 12.9 Å². The molecule has 0 saturated heterocycles. The maximum atomic E-state index is 6.87. The van der Waals surface area contributed by atoms with E-state index in [1.807, 2.05) is 6.07 Å². The minimum absolute atomic E-state index is 0.849. The average molecular weight is 803 g/mol. The summed E-state index contributed by atoms with van der Waals surface area (Å²) in [5.41, 5.74) is 17.2. The van der Waals surface area contributed by atoms with E-state index in [0.717, 1.165) is 100 Å². The van der Waals surface area contributed by atoms with Gasteiger partial charge in [0.1, 0.15) is 5.58 Å². The number of rotatable bonds is 6. The number of nitrogens with one attached hydrogen (secondary N) is 1. The lowest BCUT2D eigenvalue weighted by molar-refractivity contribution is 0.669. The molecule has 0 saturated carbocycles. The monoisotopic (exact) mass is 802 g/mol. The van der Waals surface area contributed by atoms with Crippen molar-refractivity contribution in [3.05, 3.63) is 218 Å². The van der Waals surface area contributed by atoms with Gasteiger partial charge >= 0.3 is 0 Å². The molecule has 4 nitrogen and oxygen atoms in total. The summed E-state index contributed by atoms with van der Waals surface area (Å²) in [4.78, 5) is 8.69. The first-order chi connectivity index (χ1) is 31.2. The molecule has 0 fully saturated rings. The highest BCUT2D eigenvalue weighted by Crippen LogP contribution is 2.47. The number of nitrogens with zero attached hydrogens (tertiary/aromatic N) is 2. The lowest BCUT2D eigenvalue weighted by Crippen LogP contribution is -2.41. The highest BCUT2D eigenvalue weighted by atomic mass is 16.3. The second kappa shape index (κ2) is 14.2. The van der Waals surface area contributed by atoms with E-state index in [0.29, 0.717) is 0 Å². The van der Waals surface area contributed by atoms with Crippen LogP contribution in [0.2, 0.25) is 0 Å². The number of benzene rings is 10. The summed E-state index contributed by atoms with van der Waals surface area (Å²) in [6.07, 6.45) is 0. The molecule has 0 unspecified atom stereocenters. The maximum Gasteiger partial charge on any atom is 0.197 e. The van der Waals surface area contributed by atoms with Crippen LogP contribution in [-0.4, -0.2) is 12.3 Å². The molecule has 3 heterocycles. The van der Waals surface area contributed by atoms with E-state index in [2.05, 4.69) is 234 Å². The third-order valence-corrected chi connectivity index (χ3v) is 12.8. The van der Waals surface area contributed by atoms with Crippen LogP contribution in [0.3, 0.4) is 0 Å². The van der Waals surface area contributed by atoms with Crippen LogP contribution in [0.4, 0.5) is 34.1 Å². The van der Waals surface area contributed by atoms with E-state index in [4.69, 9.17) is 4.42 Å². The molecule has 13 rings (SSSR count). The van der Waals surface area contributed by atoms with Gasteiger partial charge < -0.3 is 19.2 Å². The summed E-state index contributed by atoms with van der Waals surface area (Å²) in [5, 5.41) is 7.07. The number of aromatic amines is 1. The summed E-state index contributed by atoms with van der Waals surface area (Å²) < 4.78 is 6.87. The van der Waals surface area contributed by atoms with Gasteiger partial charge in [-0.1, -0.05) is 151 Å². The van der Waals surface area contributed by atoms with Crippen LogP contribution in [0.15, 0.2) is 223 Å². The molecule has 1 aliphatic heterocycles. The summed E-state index contributed by atoms with van der Waals surface area (Å²) in [5.74, 6) is 0. The van der Waals surface area contributed by atoms with E-state index >= 15 is 0 Å². The van der Waals surface area contributed by atoms with Gasteiger partial charge in [-0.3, -0.25) is 0 Å². The highest BCUT2D eigenvalue weighted by molar-refractivity contribution is 6.73. The normalized spacial score (nSPS) is 12.2. The van der Waals surface area contributed by atoms with Gasteiger partial charge in [0.05, 0.1) is 11.2 Å². The molecule has 63 heavy (non-hydrogen) atoms. The molecule has 10 aromatic carbocycles. The fourth-order valence-corrected chi connectivity index (χ4v) is 9.87. The Kier molecular flexibility index (Phi) is 7.97. The molecule has 0 atom stereocenters. The molecule has 293 valence electrons. The molecule has 2 aromatic heterocycles. The van der Waals surface area contributed by atoms with E-state index in [9.17, 15) is 0 Å². The zero-order chi connectivity index (χ0) is 41.4. The Morgan fingerprint density at radius 3 is 1.89 bits per heavy atom. The summed E-state index contributed by atoms with van der Waals surface area (Å²) in [7, 11) is 2.39. The lowest BCUT2D eigenvalue weighted by atomic mass is 9.58. The lowest BCUT2D eigenvalue weighted by Gasteiger charge is -2.36. The first-order valence-corrected chi connectivity index (χ1v) is 21.5. The average Bonchev–Trinajstić information content (AvgIpc) is 3.91.